The van der Waals surface area contributed by atoms with Crippen LogP contribution in [0.4, 0.5) is 4.79 Å². The molecule has 1 aromatic rings. The molecule has 0 spiro atoms. The zero-order chi connectivity index (χ0) is 14.8. The van der Waals surface area contributed by atoms with Crippen LogP contribution < -0.4 is 4.74 Å². The van der Waals surface area contributed by atoms with Gasteiger partial charge in [-0.15, -0.1) is 0 Å². The van der Waals surface area contributed by atoms with Gasteiger partial charge in [-0.1, -0.05) is 12.1 Å². The molecule has 0 aliphatic carbocycles. The first-order chi connectivity index (χ1) is 10.2. The Bertz CT molecular complexity index is 505. The summed E-state index contributed by atoms with van der Waals surface area (Å²) >= 11 is 0. The van der Waals surface area contributed by atoms with Gasteiger partial charge in [0, 0.05) is 5.92 Å². The summed E-state index contributed by atoms with van der Waals surface area (Å²) in [5.41, 5.74) is 0.979. The van der Waals surface area contributed by atoms with Gasteiger partial charge in [-0.25, -0.2) is 4.79 Å². The highest BCUT2D eigenvalue weighted by Gasteiger charge is 2.49. The van der Waals surface area contributed by atoms with E-state index in [1.54, 1.807) is 7.11 Å². The quantitative estimate of drug-likeness (QED) is 0.786. The van der Waals surface area contributed by atoms with Crippen LogP contribution >= 0.6 is 0 Å². The molecule has 3 atom stereocenters. The molecule has 2 fully saturated rings. The fourth-order valence-electron chi connectivity index (χ4n) is 2.64. The van der Waals surface area contributed by atoms with Gasteiger partial charge >= 0.3 is 6.16 Å². The predicted octanol–water partition coefficient (Wildman–Crippen LogP) is 1.70. The lowest BCUT2D eigenvalue weighted by Gasteiger charge is -2.24. The first kappa shape index (κ1) is 14.1. The number of fused-ring (bicyclic) bond motifs is 1. The van der Waals surface area contributed by atoms with Crippen LogP contribution in [0.2, 0.25) is 0 Å². The van der Waals surface area contributed by atoms with Gasteiger partial charge in [-0.3, -0.25) is 4.84 Å². The number of carbonyl (C=O) groups is 1. The molecule has 114 valence electrons. The van der Waals surface area contributed by atoms with Crippen molar-refractivity contribution >= 4 is 6.16 Å². The Morgan fingerprint density at radius 2 is 2.00 bits per heavy atom. The second-order valence-corrected chi connectivity index (χ2v) is 4.90. The van der Waals surface area contributed by atoms with E-state index in [1.807, 2.05) is 24.3 Å². The lowest BCUT2D eigenvalue weighted by Crippen LogP contribution is -2.36. The van der Waals surface area contributed by atoms with Gasteiger partial charge in [0.1, 0.15) is 17.9 Å². The third kappa shape index (κ3) is 2.67. The molecule has 0 unspecified atom stereocenters. The Morgan fingerprint density at radius 3 is 2.67 bits per heavy atom. The highest BCUT2D eigenvalue weighted by atomic mass is 17.0. The maximum Gasteiger partial charge on any atom is 0.529 e. The number of benzene rings is 1. The Hall–Kier alpha value is -1.83. The summed E-state index contributed by atoms with van der Waals surface area (Å²) in [6.45, 7) is 1.01. The van der Waals surface area contributed by atoms with Crippen molar-refractivity contribution in [1.29, 1.82) is 0 Å². The van der Waals surface area contributed by atoms with Crippen LogP contribution in [0, 0.1) is 5.92 Å². The van der Waals surface area contributed by atoms with E-state index in [4.69, 9.17) is 19.1 Å². The van der Waals surface area contributed by atoms with Crippen LogP contribution in [-0.4, -0.2) is 44.9 Å². The fourth-order valence-corrected chi connectivity index (χ4v) is 2.64. The molecule has 3 rings (SSSR count). The maximum absolute atomic E-state index is 11.3. The molecule has 0 aromatic heterocycles. The molecule has 21 heavy (non-hydrogen) atoms. The summed E-state index contributed by atoms with van der Waals surface area (Å²) in [6, 6.07) is 7.42. The third-order valence-corrected chi connectivity index (χ3v) is 3.72. The maximum atomic E-state index is 11.3. The predicted molar refractivity (Wildman–Crippen MR) is 70.2 cm³/mol. The van der Waals surface area contributed by atoms with Crippen molar-refractivity contribution in [2.24, 2.45) is 5.92 Å². The first-order valence-corrected chi connectivity index (χ1v) is 6.66. The van der Waals surface area contributed by atoms with E-state index in [-0.39, 0.29) is 18.1 Å². The molecular weight excluding hydrogens is 278 g/mol. The minimum Gasteiger partial charge on any atom is -0.497 e. The molecule has 0 saturated carbocycles. The van der Waals surface area contributed by atoms with Gasteiger partial charge in [0.25, 0.3) is 0 Å². The second-order valence-electron chi connectivity index (χ2n) is 4.90. The lowest BCUT2D eigenvalue weighted by atomic mass is 9.96. The first-order valence-electron chi connectivity index (χ1n) is 6.66. The van der Waals surface area contributed by atoms with Crippen LogP contribution in [0.5, 0.6) is 5.75 Å². The van der Waals surface area contributed by atoms with E-state index < -0.39 is 6.16 Å². The van der Waals surface area contributed by atoms with E-state index in [0.717, 1.165) is 11.3 Å². The van der Waals surface area contributed by atoms with Gasteiger partial charge in [0.2, 0.25) is 0 Å². The highest BCUT2D eigenvalue weighted by molar-refractivity contribution is 5.59. The molecule has 2 aliphatic rings. The van der Waals surface area contributed by atoms with Crippen molar-refractivity contribution in [3.05, 3.63) is 29.8 Å². The minimum absolute atomic E-state index is 0.154. The van der Waals surface area contributed by atoms with Gasteiger partial charge in [0.15, 0.2) is 0 Å². The normalized spacial score (nSPS) is 28.2. The standard InChI is InChI=1S/C14H17NO6/c1-17-11-5-3-9(4-6-11)13-12-10(7-19-13)8-20-15(12)21-14(16)18-2/h3-6,10,12-13H,7-8H2,1-2H3/t10-,12+,13-/m0/s1. The molecule has 0 N–H and O–H groups in total. The minimum atomic E-state index is -0.809. The molecule has 2 aliphatic heterocycles. The lowest BCUT2D eigenvalue weighted by molar-refractivity contribution is -0.337. The van der Waals surface area contributed by atoms with E-state index in [2.05, 4.69) is 4.74 Å². The summed E-state index contributed by atoms with van der Waals surface area (Å²) in [4.78, 5) is 21.7. The molecule has 0 amide bonds. The Morgan fingerprint density at radius 1 is 1.24 bits per heavy atom. The average Bonchev–Trinajstić information content (AvgIpc) is 3.10. The van der Waals surface area contributed by atoms with Crippen molar-refractivity contribution in [1.82, 2.24) is 5.23 Å². The van der Waals surface area contributed by atoms with Gasteiger partial charge in [-0.05, 0) is 22.9 Å². The number of hydrogen-bond donors (Lipinski definition) is 0. The zero-order valence-corrected chi connectivity index (χ0v) is 11.9. The number of rotatable bonds is 3. The summed E-state index contributed by atoms with van der Waals surface area (Å²) in [5, 5.41) is 1.19. The molecule has 2 heterocycles. The van der Waals surface area contributed by atoms with E-state index >= 15 is 0 Å². The number of hydrogen-bond acceptors (Lipinski definition) is 7. The van der Waals surface area contributed by atoms with Crippen LogP contribution in [0.15, 0.2) is 24.3 Å². The van der Waals surface area contributed by atoms with E-state index in [0.29, 0.717) is 13.2 Å². The Labute approximate surface area is 122 Å². The Balaban J connectivity index is 1.77. The molecule has 2 saturated heterocycles. The number of hydroxylamine groups is 2. The van der Waals surface area contributed by atoms with E-state index in [9.17, 15) is 4.79 Å². The van der Waals surface area contributed by atoms with E-state index in [1.165, 1.54) is 12.3 Å². The summed E-state index contributed by atoms with van der Waals surface area (Å²) < 4.78 is 15.5. The smallest absolute Gasteiger partial charge is 0.497 e. The molecular formula is C14H17NO6. The number of carbonyl (C=O) groups excluding carboxylic acids is 1. The molecule has 1 aromatic carbocycles. The van der Waals surface area contributed by atoms with Crippen molar-refractivity contribution in [3.8, 4) is 5.75 Å². The monoisotopic (exact) mass is 295 g/mol. The van der Waals surface area contributed by atoms with Gasteiger partial charge in [0.05, 0.1) is 27.4 Å². The van der Waals surface area contributed by atoms with Gasteiger partial charge < -0.3 is 19.0 Å². The van der Waals surface area contributed by atoms with Crippen LogP contribution in [0.3, 0.4) is 0 Å². The van der Waals surface area contributed by atoms with Crippen LogP contribution in [-0.2, 0) is 19.1 Å². The van der Waals surface area contributed by atoms with Crippen molar-refractivity contribution in [2.75, 3.05) is 27.4 Å². The SMILES string of the molecule is COC(=O)ON1OC[C@@H]2CO[C@@H](c3ccc(OC)cc3)[C@@H]21. The molecule has 0 bridgehead atoms. The summed E-state index contributed by atoms with van der Waals surface area (Å²) in [6.07, 6.45) is -1.04. The largest absolute Gasteiger partial charge is 0.529 e. The van der Waals surface area contributed by atoms with Crippen molar-refractivity contribution in [3.63, 3.8) is 0 Å². The second kappa shape index (κ2) is 5.88. The number of nitrogens with zero attached hydrogens (tertiary/aromatic N) is 1. The van der Waals surface area contributed by atoms with Gasteiger partial charge in [-0.2, -0.15) is 0 Å². The number of methoxy groups -OCH3 is 2. The highest BCUT2D eigenvalue weighted by Crippen LogP contribution is 2.41. The molecule has 0 radical (unpaired) electrons. The number of ether oxygens (including phenoxy) is 3. The van der Waals surface area contributed by atoms with Crippen molar-refractivity contribution in [2.45, 2.75) is 12.1 Å². The molecule has 7 heteroatoms. The fraction of sp³-hybridized carbons (Fsp3) is 0.500. The average molecular weight is 295 g/mol. The summed E-state index contributed by atoms with van der Waals surface area (Å²) in [7, 11) is 2.87. The topological polar surface area (TPSA) is 66.5 Å². The molecule has 7 nitrogen and oxygen atoms in total. The van der Waals surface area contributed by atoms with Crippen LogP contribution in [0.25, 0.3) is 0 Å². The third-order valence-electron chi connectivity index (χ3n) is 3.72. The van der Waals surface area contributed by atoms with Crippen LogP contribution in [0.1, 0.15) is 11.7 Å². The Kier molecular flexibility index (Phi) is 3.96. The zero-order valence-electron chi connectivity index (χ0n) is 11.9. The van der Waals surface area contributed by atoms with Crippen molar-refractivity contribution < 1.29 is 28.7 Å². The summed E-state index contributed by atoms with van der Waals surface area (Å²) in [5.74, 6) is 0.931.